The zero-order chi connectivity index (χ0) is 23.0. The monoisotopic (exact) mass is 451 g/mol. The molecular formula is C29H26NO2P. The van der Waals surface area contributed by atoms with Gasteiger partial charge < -0.3 is 9.46 Å². The fraction of sp³-hybridized carbons (Fsp3) is 0.138. The van der Waals surface area contributed by atoms with Crippen molar-refractivity contribution in [2.45, 2.75) is 18.5 Å². The van der Waals surface area contributed by atoms with Crippen molar-refractivity contribution in [3.8, 4) is 0 Å². The maximum absolute atomic E-state index is 15.3. The minimum atomic E-state index is -3.37. The summed E-state index contributed by atoms with van der Waals surface area (Å²) in [5.74, 6) is -0.438. The zero-order valence-corrected chi connectivity index (χ0v) is 19.7. The number of carbonyl (C=O) groups excluding carboxylic acids is 1. The van der Waals surface area contributed by atoms with Crippen LogP contribution >= 0.6 is 7.14 Å². The molecule has 33 heavy (non-hydrogen) atoms. The van der Waals surface area contributed by atoms with Crippen molar-refractivity contribution >= 4 is 29.3 Å². The maximum Gasteiger partial charge on any atom is 0.238 e. The summed E-state index contributed by atoms with van der Waals surface area (Å²) in [6.07, 6.45) is 0. The summed E-state index contributed by atoms with van der Waals surface area (Å²) in [5.41, 5.74) is 3.31. The molecule has 0 saturated heterocycles. The second kappa shape index (κ2) is 8.50. The predicted octanol–water partition coefficient (Wildman–Crippen LogP) is 5.49. The van der Waals surface area contributed by atoms with Gasteiger partial charge in [-0.1, -0.05) is 109 Å². The molecule has 2 atom stereocenters. The van der Waals surface area contributed by atoms with E-state index in [1.165, 1.54) is 0 Å². The van der Waals surface area contributed by atoms with E-state index in [2.05, 4.69) is 30.3 Å². The molecule has 5 rings (SSSR count). The molecule has 1 aliphatic rings. The minimum Gasteiger partial charge on any atom is -0.315 e. The molecule has 164 valence electrons. The maximum atomic E-state index is 15.3. The molecule has 0 N–H and O–H groups in total. The Morgan fingerprint density at radius 3 is 1.79 bits per heavy atom. The van der Waals surface area contributed by atoms with Gasteiger partial charge in [0, 0.05) is 29.3 Å². The molecule has 0 radical (unpaired) electrons. The Hall–Kier alpha value is -3.42. The first-order valence-electron chi connectivity index (χ1n) is 11.2. The van der Waals surface area contributed by atoms with Gasteiger partial charge in [-0.2, -0.15) is 0 Å². The molecular weight excluding hydrogens is 425 g/mol. The molecule has 0 aromatic heterocycles. The Kier molecular flexibility index (Phi) is 5.52. The van der Waals surface area contributed by atoms with Crippen LogP contribution < -0.4 is 15.5 Å². The SMILES string of the molecule is Cc1ccc([C@@H]2c3ccccc3N(C)C(=O)[C@H]2P(=O)(c2ccccc2)c2ccccc2)cc1. The second-order valence-corrected chi connectivity index (χ2v) is 11.5. The first-order chi connectivity index (χ1) is 16.0. The van der Waals surface area contributed by atoms with E-state index >= 15 is 4.57 Å². The van der Waals surface area contributed by atoms with Gasteiger partial charge in [-0.25, -0.2) is 0 Å². The van der Waals surface area contributed by atoms with Gasteiger partial charge in [0.25, 0.3) is 0 Å². The molecule has 1 heterocycles. The second-order valence-electron chi connectivity index (χ2n) is 8.62. The molecule has 0 spiro atoms. The van der Waals surface area contributed by atoms with Crippen LogP contribution in [-0.4, -0.2) is 18.6 Å². The molecule has 0 saturated carbocycles. The van der Waals surface area contributed by atoms with Gasteiger partial charge in [0.1, 0.15) is 5.66 Å². The third-order valence-electron chi connectivity index (χ3n) is 6.64. The van der Waals surface area contributed by atoms with E-state index < -0.39 is 12.8 Å². The first-order valence-corrected chi connectivity index (χ1v) is 12.9. The van der Waals surface area contributed by atoms with E-state index in [-0.39, 0.29) is 11.8 Å². The van der Waals surface area contributed by atoms with Gasteiger partial charge in [-0.05, 0) is 24.1 Å². The molecule has 0 fully saturated rings. The van der Waals surface area contributed by atoms with Crippen molar-refractivity contribution in [1.29, 1.82) is 0 Å². The molecule has 4 aromatic rings. The van der Waals surface area contributed by atoms with Crippen LogP contribution in [0.1, 0.15) is 22.6 Å². The minimum absolute atomic E-state index is 0.115. The van der Waals surface area contributed by atoms with E-state index in [1.807, 2.05) is 85.8 Å². The number of benzene rings is 4. The number of aryl methyl sites for hydroxylation is 1. The lowest BCUT2D eigenvalue weighted by Crippen LogP contribution is -2.48. The third kappa shape index (κ3) is 3.53. The average molecular weight is 452 g/mol. The Morgan fingerprint density at radius 2 is 1.21 bits per heavy atom. The molecule has 0 bridgehead atoms. The van der Waals surface area contributed by atoms with Crippen LogP contribution in [0.5, 0.6) is 0 Å². The van der Waals surface area contributed by atoms with Crippen molar-refractivity contribution in [1.82, 2.24) is 0 Å². The normalized spacial score (nSPS) is 18.1. The number of rotatable bonds is 4. The number of carbonyl (C=O) groups is 1. The Labute approximate surface area is 195 Å². The zero-order valence-electron chi connectivity index (χ0n) is 18.8. The summed E-state index contributed by atoms with van der Waals surface area (Å²) in [6.45, 7) is 2.05. The number of nitrogens with zero attached hydrogens (tertiary/aromatic N) is 1. The summed E-state index contributed by atoms with van der Waals surface area (Å²) >= 11 is 0. The number of fused-ring (bicyclic) bond motifs is 1. The van der Waals surface area contributed by atoms with Crippen molar-refractivity contribution in [3.63, 3.8) is 0 Å². The van der Waals surface area contributed by atoms with Gasteiger partial charge in [-0.3, -0.25) is 4.79 Å². The first kappa shape index (κ1) is 21.4. The Morgan fingerprint density at radius 1 is 0.697 bits per heavy atom. The summed E-state index contributed by atoms with van der Waals surface area (Å²) < 4.78 is 15.3. The number of para-hydroxylation sites is 1. The Balaban J connectivity index is 1.83. The lowest BCUT2D eigenvalue weighted by Gasteiger charge is -2.41. The molecule has 1 amide bonds. The molecule has 4 heteroatoms. The summed E-state index contributed by atoms with van der Waals surface area (Å²) in [5, 5.41) is 1.42. The van der Waals surface area contributed by atoms with E-state index in [1.54, 1.807) is 11.9 Å². The Bertz CT molecular complexity index is 1290. The van der Waals surface area contributed by atoms with E-state index in [0.717, 1.165) is 22.4 Å². The smallest absolute Gasteiger partial charge is 0.238 e. The molecule has 0 unspecified atom stereocenters. The highest BCUT2D eigenvalue weighted by molar-refractivity contribution is 7.80. The number of anilines is 1. The lowest BCUT2D eigenvalue weighted by molar-refractivity contribution is -0.118. The van der Waals surface area contributed by atoms with Gasteiger partial charge >= 0.3 is 0 Å². The summed E-state index contributed by atoms with van der Waals surface area (Å²) in [7, 11) is -1.58. The van der Waals surface area contributed by atoms with Crippen LogP contribution in [0.4, 0.5) is 5.69 Å². The fourth-order valence-corrected chi connectivity index (χ4v) is 8.36. The number of hydrogen-bond donors (Lipinski definition) is 0. The topological polar surface area (TPSA) is 37.4 Å². The molecule has 4 aromatic carbocycles. The highest BCUT2D eigenvalue weighted by Crippen LogP contribution is 2.58. The van der Waals surface area contributed by atoms with E-state index in [4.69, 9.17) is 0 Å². The number of hydrogen-bond acceptors (Lipinski definition) is 2. The fourth-order valence-electron chi connectivity index (χ4n) is 4.96. The van der Waals surface area contributed by atoms with Gasteiger partial charge in [0.2, 0.25) is 5.91 Å². The van der Waals surface area contributed by atoms with Gasteiger partial charge in [0.05, 0.1) is 0 Å². The van der Waals surface area contributed by atoms with Crippen molar-refractivity contribution in [2.24, 2.45) is 0 Å². The number of amides is 1. The van der Waals surface area contributed by atoms with Crippen LogP contribution in [0.15, 0.2) is 109 Å². The van der Waals surface area contributed by atoms with Gasteiger partial charge in [0.15, 0.2) is 7.14 Å². The predicted molar refractivity (Wildman–Crippen MR) is 136 cm³/mol. The lowest BCUT2D eigenvalue weighted by atomic mass is 9.83. The van der Waals surface area contributed by atoms with Crippen LogP contribution in [-0.2, 0) is 9.36 Å². The average Bonchev–Trinajstić information content (AvgIpc) is 2.87. The largest absolute Gasteiger partial charge is 0.315 e. The highest BCUT2D eigenvalue weighted by atomic mass is 31.2. The molecule has 3 nitrogen and oxygen atoms in total. The van der Waals surface area contributed by atoms with E-state index in [9.17, 15) is 4.79 Å². The third-order valence-corrected chi connectivity index (χ3v) is 10.1. The highest BCUT2D eigenvalue weighted by Gasteiger charge is 2.51. The van der Waals surface area contributed by atoms with Crippen LogP contribution in [0.25, 0.3) is 0 Å². The summed E-state index contributed by atoms with van der Waals surface area (Å²) in [6, 6.07) is 35.3. The van der Waals surface area contributed by atoms with Crippen LogP contribution in [0, 0.1) is 6.92 Å². The van der Waals surface area contributed by atoms with Crippen LogP contribution in [0.3, 0.4) is 0 Å². The summed E-state index contributed by atoms with van der Waals surface area (Å²) in [4.78, 5) is 15.8. The van der Waals surface area contributed by atoms with Gasteiger partial charge in [-0.15, -0.1) is 0 Å². The standard InChI is InChI=1S/C29H26NO2P/c1-21-17-19-22(20-18-21)27-25-15-9-10-16-26(25)30(2)29(31)28(27)33(32,23-11-5-3-6-12-23)24-13-7-4-8-14-24/h3-20,27-28H,1-2H3/t27-,28+/m1/s1. The van der Waals surface area contributed by atoms with E-state index in [0.29, 0.717) is 10.6 Å². The van der Waals surface area contributed by atoms with Crippen molar-refractivity contribution in [3.05, 3.63) is 126 Å². The van der Waals surface area contributed by atoms with Crippen molar-refractivity contribution in [2.75, 3.05) is 11.9 Å². The quantitative estimate of drug-likeness (QED) is 0.385. The molecule has 0 aliphatic carbocycles. The van der Waals surface area contributed by atoms with Crippen LogP contribution in [0.2, 0.25) is 0 Å². The van der Waals surface area contributed by atoms with Crippen molar-refractivity contribution < 1.29 is 9.36 Å². The molecule has 1 aliphatic heterocycles.